The molecule has 0 aliphatic rings. The monoisotopic (exact) mass is 327 g/mol. The Kier molecular flexibility index (Phi) is 22.2. The summed E-state index contributed by atoms with van der Waals surface area (Å²) in [5.41, 5.74) is 0. The molecule has 0 aromatic heterocycles. The Balaban J connectivity index is -0.000000108. The Morgan fingerprint density at radius 2 is 0.682 bits per heavy atom. The summed E-state index contributed by atoms with van der Waals surface area (Å²) in [5, 5.41) is 25.1. The van der Waals surface area contributed by atoms with Crippen LogP contribution < -0.4 is 0 Å². The highest BCUT2D eigenvalue weighted by Gasteiger charge is 1.84. The van der Waals surface area contributed by atoms with Gasteiger partial charge in [-0.05, 0) is 41.5 Å². The summed E-state index contributed by atoms with van der Waals surface area (Å²) >= 11 is 0. The fourth-order valence-corrected chi connectivity index (χ4v) is 0.882. The zero-order valence-electron chi connectivity index (χ0n) is 13.9. The van der Waals surface area contributed by atoms with Crippen LogP contribution in [0, 0.1) is 0 Å². The van der Waals surface area contributed by atoms with Crippen molar-refractivity contribution >= 4 is 34.7 Å². The van der Waals surface area contributed by atoms with Gasteiger partial charge in [0.15, 0.2) is 17.3 Å². The van der Waals surface area contributed by atoms with Gasteiger partial charge in [-0.25, -0.2) is 0 Å². The average molecular weight is 327 g/mol. The first-order valence-corrected chi connectivity index (χ1v) is 6.02. The van der Waals surface area contributed by atoms with E-state index in [0.717, 1.165) is 0 Å². The van der Waals surface area contributed by atoms with Crippen molar-refractivity contribution in [2.45, 2.75) is 41.5 Å². The molecule has 0 heterocycles. The molecule has 0 aromatic carbocycles. The average Bonchev–Trinajstić information content (AvgIpc) is 2.10. The molecule has 0 atom stereocenters. The van der Waals surface area contributed by atoms with Gasteiger partial charge in [0.2, 0.25) is 0 Å². The summed E-state index contributed by atoms with van der Waals surface area (Å²) < 4.78 is 0. The normalized spacial score (nSPS) is 10.9. The van der Waals surface area contributed by atoms with E-state index in [0.29, 0.717) is 0 Å². The zero-order valence-corrected chi connectivity index (χ0v) is 15.0. The molecule has 3 N–H and O–H groups in total. The molecule has 0 aliphatic heterocycles. The number of hydrogen-bond donors (Lipinski definition) is 3. The van der Waals surface area contributed by atoms with E-state index < -0.39 is 0 Å². The second-order valence-electron chi connectivity index (χ2n) is 4.19. The van der Waals surface area contributed by atoms with E-state index in [4.69, 9.17) is 15.3 Å². The maximum atomic E-state index is 10.0. The van der Waals surface area contributed by atoms with Gasteiger partial charge in [0.25, 0.3) is 0 Å². The third-order valence-corrected chi connectivity index (χ3v) is 1.24. The number of hydrogen-bond acceptors (Lipinski definition) is 6. The molecule has 0 saturated carbocycles. The second-order valence-corrected chi connectivity index (χ2v) is 4.19. The van der Waals surface area contributed by atoms with Gasteiger partial charge in [-0.3, -0.25) is 14.4 Å². The van der Waals surface area contributed by atoms with Crippen LogP contribution >= 0.6 is 0 Å². The third kappa shape index (κ3) is 51.8. The molecule has 123 valence electrons. The van der Waals surface area contributed by atoms with Gasteiger partial charge in [-0.2, -0.15) is 0 Å². The Labute approximate surface area is 142 Å². The molecule has 0 unspecified atom stereocenters. The van der Waals surface area contributed by atoms with Crippen LogP contribution in [0.3, 0.4) is 0 Å². The van der Waals surface area contributed by atoms with Gasteiger partial charge in [-0.1, -0.05) is 0 Å². The minimum absolute atomic E-state index is 0. The first-order valence-electron chi connectivity index (χ1n) is 6.02. The number of aliphatic hydroxyl groups excluding tert-OH is 3. The van der Waals surface area contributed by atoms with Crippen molar-refractivity contribution in [3.05, 3.63) is 35.5 Å². The number of carbonyl (C=O) groups is 3. The molecule has 0 spiro atoms. The van der Waals surface area contributed by atoms with E-state index in [1.807, 2.05) is 0 Å². The fourth-order valence-electron chi connectivity index (χ4n) is 0.882. The van der Waals surface area contributed by atoms with Crippen molar-refractivity contribution < 1.29 is 29.7 Å². The van der Waals surface area contributed by atoms with Gasteiger partial charge >= 0.3 is 0 Å². The highest BCUT2D eigenvalue weighted by Crippen LogP contribution is 1.83. The molecule has 0 saturated heterocycles. The summed E-state index contributed by atoms with van der Waals surface area (Å²) in [6, 6.07) is 0. The predicted molar refractivity (Wildman–Crippen MR) is 87.0 cm³/mol. The zero-order chi connectivity index (χ0) is 17.6. The van der Waals surface area contributed by atoms with Crippen molar-refractivity contribution in [3.63, 3.8) is 0 Å². The van der Waals surface area contributed by atoms with E-state index in [-0.39, 0.29) is 52.0 Å². The Hall–Kier alpha value is -1.84. The third-order valence-electron chi connectivity index (χ3n) is 1.24. The van der Waals surface area contributed by atoms with E-state index in [2.05, 4.69) is 0 Å². The van der Waals surface area contributed by atoms with Gasteiger partial charge in [0, 0.05) is 35.6 Å². The lowest BCUT2D eigenvalue weighted by Crippen LogP contribution is -1.82. The number of aliphatic hydroxyl groups is 3. The van der Waals surface area contributed by atoms with Crippen LogP contribution in [-0.2, 0) is 14.4 Å². The van der Waals surface area contributed by atoms with E-state index in [1.165, 1.54) is 59.8 Å². The first kappa shape index (κ1) is 28.3. The Morgan fingerprint density at radius 1 is 0.545 bits per heavy atom. The summed E-state index contributed by atoms with van der Waals surface area (Å²) in [4.78, 5) is 30.1. The fraction of sp³-hybridized carbons (Fsp3) is 0.400. The summed E-state index contributed by atoms with van der Waals surface area (Å²) in [6.07, 6.45) is 3.50. The Morgan fingerprint density at radius 3 is 0.682 bits per heavy atom. The lowest BCUT2D eigenvalue weighted by atomic mass is 10.4. The quantitative estimate of drug-likeness (QED) is 0.417. The van der Waals surface area contributed by atoms with Crippen LogP contribution in [0.5, 0.6) is 0 Å². The summed E-state index contributed by atoms with van der Waals surface area (Å²) in [7, 11) is 0. The van der Waals surface area contributed by atoms with E-state index in [9.17, 15) is 14.4 Å². The largest absolute Gasteiger partial charge is 0.512 e. The molecule has 0 bridgehead atoms. The number of allylic oxidation sites excluding steroid dienone is 6. The minimum Gasteiger partial charge on any atom is -0.512 e. The lowest BCUT2D eigenvalue weighted by molar-refractivity contribution is -0.113. The van der Waals surface area contributed by atoms with E-state index >= 15 is 0 Å². The molecule has 6 nitrogen and oxygen atoms in total. The van der Waals surface area contributed by atoms with Crippen LogP contribution in [0.25, 0.3) is 0 Å². The standard InChI is InChI=1S/3C5H8O2.Al/c3*1-4(6)3-5(2)7;/h3*3,6H,1-2H3;/b3*4-3+;. The van der Waals surface area contributed by atoms with Crippen molar-refractivity contribution in [2.24, 2.45) is 0 Å². The van der Waals surface area contributed by atoms with Crippen molar-refractivity contribution in [2.75, 3.05) is 0 Å². The van der Waals surface area contributed by atoms with Crippen molar-refractivity contribution in [1.29, 1.82) is 0 Å². The maximum Gasteiger partial charge on any atom is 0.155 e. The molecular formula is C15H24AlO6. The van der Waals surface area contributed by atoms with Gasteiger partial charge < -0.3 is 15.3 Å². The second kappa shape index (κ2) is 17.2. The van der Waals surface area contributed by atoms with E-state index in [1.54, 1.807) is 0 Å². The Bertz CT molecular complexity index is 368. The smallest absolute Gasteiger partial charge is 0.155 e. The van der Waals surface area contributed by atoms with Crippen LogP contribution in [0.4, 0.5) is 0 Å². The number of ketones is 3. The van der Waals surface area contributed by atoms with Crippen LogP contribution in [0.1, 0.15) is 41.5 Å². The SMILES string of the molecule is CC(=O)/C=C(\C)O.CC(=O)/C=C(\C)O.CC(=O)/C=C(\C)O.[Al]. The molecule has 0 fully saturated rings. The molecule has 0 amide bonds. The number of carbonyl (C=O) groups excluding carboxylic acids is 3. The van der Waals surface area contributed by atoms with Crippen molar-refractivity contribution in [1.82, 2.24) is 0 Å². The molecule has 3 radical (unpaired) electrons. The summed E-state index contributed by atoms with van der Waals surface area (Å²) in [6.45, 7) is 8.54. The molecule has 0 aromatic rings. The highest BCUT2D eigenvalue weighted by molar-refractivity contribution is 5.88. The van der Waals surface area contributed by atoms with Gasteiger partial charge in [0.05, 0.1) is 17.3 Å². The van der Waals surface area contributed by atoms with Crippen LogP contribution in [0.2, 0.25) is 0 Å². The van der Waals surface area contributed by atoms with Gasteiger partial charge in [0.1, 0.15) is 0 Å². The molecule has 0 rings (SSSR count). The number of rotatable bonds is 3. The van der Waals surface area contributed by atoms with Crippen molar-refractivity contribution in [3.8, 4) is 0 Å². The van der Waals surface area contributed by atoms with Crippen LogP contribution in [0.15, 0.2) is 35.5 Å². The predicted octanol–water partition coefficient (Wildman–Crippen LogP) is 2.73. The van der Waals surface area contributed by atoms with Gasteiger partial charge in [-0.15, -0.1) is 0 Å². The molecular weight excluding hydrogens is 303 g/mol. The topological polar surface area (TPSA) is 112 Å². The minimum atomic E-state index is -0.125. The maximum absolute atomic E-state index is 10.0. The summed E-state index contributed by atoms with van der Waals surface area (Å²) in [5.74, 6) is -0.187. The van der Waals surface area contributed by atoms with Crippen LogP contribution in [-0.4, -0.2) is 50.0 Å². The molecule has 7 heteroatoms. The molecule has 0 aliphatic carbocycles. The highest BCUT2D eigenvalue weighted by atomic mass is 27.0. The molecule has 22 heavy (non-hydrogen) atoms. The lowest BCUT2D eigenvalue weighted by Gasteiger charge is -1.80. The first-order chi connectivity index (χ1) is 9.38.